The standard InChI is InChI=1S/C14H13O2/c1-11-5-3-4-6-14(11)16-13-9-7-12(15-2)8-10-13/h3-5,7-10H,1-2H3. The Kier molecular flexibility index (Phi) is 3.10. The van der Waals surface area contributed by atoms with Crippen LogP contribution in [0.2, 0.25) is 0 Å². The van der Waals surface area contributed by atoms with Crippen molar-refractivity contribution < 1.29 is 9.47 Å². The van der Waals surface area contributed by atoms with E-state index in [0.29, 0.717) is 0 Å². The minimum atomic E-state index is 0.757. The van der Waals surface area contributed by atoms with Gasteiger partial charge in [-0.2, -0.15) is 0 Å². The highest BCUT2D eigenvalue weighted by atomic mass is 16.5. The second-order valence-corrected chi connectivity index (χ2v) is 3.46. The third-order valence-electron chi connectivity index (χ3n) is 2.29. The van der Waals surface area contributed by atoms with Gasteiger partial charge in [-0.15, -0.1) is 0 Å². The zero-order valence-corrected chi connectivity index (χ0v) is 9.36. The Morgan fingerprint density at radius 1 is 1.00 bits per heavy atom. The Hall–Kier alpha value is -1.96. The molecule has 0 saturated carbocycles. The fourth-order valence-electron chi connectivity index (χ4n) is 1.38. The predicted molar refractivity (Wildman–Crippen MR) is 63.1 cm³/mol. The molecule has 2 nitrogen and oxygen atoms in total. The van der Waals surface area contributed by atoms with E-state index in [0.717, 1.165) is 22.8 Å². The number of hydrogen-bond donors (Lipinski definition) is 0. The van der Waals surface area contributed by atoms with Crippen LogP contribution in [0.4, 0.5) is 0 Å². The second-order valence-electron chi connectivity index (χ2n) is 3.46. The Balaban J connectivity index is 2.18. The predicted octanol–water partition coefficient (Wildman–Crippen LogP) is 3.60. The monoisotopic (exact) mass is 213 g/mol. The number of para-hydroxylation sites is 1. The van der Waals surface area contributed by atoms with Crippen molar-refractivity contribution >= 4 is 0 Å². The number of ether oxygens (including phenoxy) is 2. The van der Waals surface area contributed by atoms with Crippen molar-refractivity contribution in [1.82, 2.24) is 0 Å². The molecule has 16 heavy (non-hydrogen) atoms. The Morgan fingerprint density at radius 3 is 2.31 bits per heavy atom. The summed E-state index contributed by atoms with van der Waals surface area (Å²) in [5.74, 6) is 2.36. The van der Waals surface area contributed by atoms with Gasteiger partial charge in [-0.25, -0.2) is 0 Å². The molecule has 0 aromatic heterocycles. The van der Waals surface area contributed by atoms with Gasteiger partial charge < -0.3 is 9.47 Å². The summed E-state index contributed by atoms with van der Waals surface area (Å²) in [6.07, 6.45) is 0. The summed E-state index contributed by atoms with van der Waals surface area (Å²) in [6.45, 7) is 2.00. The molecule has 0 atom stereocenters. The summed E-state index contributed by atoms with van der Waals surface area (Å²) < 4.78 is 10.8. The van der Waals surface area contributed by atoms with Gasteiger partial charge in [0.2, 0.25) is 0 Å². The summed E-state index contributed by atoms with van der Waals surface area (Å²) in [6, 6.07) is 16.3. The van der Waals surface area contributed by atoms with E-state index in [1.807, 2.05) is 49.4 Å². The third kappa shape index (κ3) is 2.34. The Labute approximate surface area is 95.4 Å². The van der Waals surface area contributed by atoms with Crippen LogP contribution in [0, 0.1) is 13.0 Å². The van der Waals surface area contributed by atoms with E-state index in [-0.39, 0.29) is 0 Å². The lowest BCUT2D eigenvalue weighted by Crippen LogP contribution is -1.88. The Morgan fingerprint density at radius 2 is 1.69 bits per heavy atom. The molecule has 0 amide bonds. The molecular weight excluding hydrogens is 200 g/mol. The molecule has 2 rings (SSSR count). The van der Waals surface area contributed by atoms with Gasteiger partial charge in [0, 0.05) is 6.07 Å². The van der Waals surface area contributed by atoms with Gasteiger partial charge in [0.05, 0.1) is 7.11 Å². The normalized spacial score (nSPS) is 9.88. The minimum Gasteiger partial charge on any atom is -0.497 e. The molecule has 2 aromatic carbocycles. The fraction of sp³-hybridized carbons (Fsp3) is 0.143. The smallest absolute Gasteiger partial charge is 0.138 e. The summed E-state index contributed by atoms with van der Waals surface area (Å²) in [7, 11) is 1.64. The van der Waals surface area contributed by atoms with Gasteiger partial charge in [-0.05, 0) is 36.8 Å². The van der Waals surface area contributed by atoms with Gasteiger partial charge in [-0.1, -0.05) is 18.2 Å². The third-order valence-corrected chi connectivity index (χ3v) is 2.29. The molecule has 0 aliphatic heterocycles. The van der Waals surface area contributed by atoms with E-state index in [2.05, 4.69) is 6.07 Å². The van der Waals surface area contributed by atoms with Crippen LogP contribution >= 0.6 is 0 Å². The lowest BCUT2D eigenvalue weighted by molar-refractivity contribution is 0.412. The molecule has 2 aromatic rings. The van der Waals surface area contributed by atoms with Crippen LogP contribution in [-0.2, 0) is 0 Å². The van der Waals surface area contributed by atoms with Crippen LogP contribution in [0.5, 0.6) is 17.2 Å². The molecular formula is C14H13O2. The van der Waals surface area contributed by atoms with E-state index >= 15 is 0 Å². The van der Waals surface area contributed by atoms with Crippen LogP contribution in [0.25, 0.3) is 0 Å². The first-order valence-electron chi connectivity index (χ1n) is 5.09. The van der Waals surface area contributed by atoms with Gasteiger partial charge in [0.1, 0.15) is 17.2 Å². The molecule has 2 heteroatoms. The largest absolute Gasteiger partial charge is 0.497 e. The van der Waals surface area contributed by atoms with Gasteiger partial charge >= 0.3 is 0 Å². The molecule has 0 spiro atoms. The van der Waals surface area contributed by atoms with Crippen molar-refractivity contribution in [3.8, 4) is 17.2 Å². The number of benzene rings is 2. The molecule has 0 saturated heterocycles. The van der Waals surface area contributed by atoms with E-state index in [4.69, 9.17) is 9.47 Å². The maximum Gasteiger partial charge on any atom is 0.138 e. The lowest BCUT2D eigenvalue weighted by Gasteiger charge is -2.08. The van der Waals surface area contributed by atoms with Crippen LogP contribution in [0.3, 0.4) is 0 Å². The average molecular weight is 213 g/mol. The fourth-order valence-corrected chi connectivity index (χ4v) is 1.38. The molecule has 0 fully saturated rings. The maximum absolute atomic E-state index is 5.70. The van der Waals surface area contributed by atoms with Crippen LogP contribution in [0.1, 0.15) is 5.56 Å². The molecule has 0 heterocycles. The molecule has 0 aliphatic carbocycles. The summed E-state index contributed by atoms with van der Waals surface area (Å²) in [5.41, 5.74) is 1.07. The van der Waals surface area contributed by atoms with Crippen LogP contribution in [0.15, 0.2) is 42.5 Å². The van der Waals surface area contributed by atoms with Crippen molar-refractivity contribution in [2.75, 3.05) is 7.11 Å². The first-order valence-corrected chi connectivity index (χ1v) is 5.09. The van der Waals surface area contributed by atoms with Crippen LogP contribution < -0.4 is 9.47 Å². The number of rotatable bonds is 3. The maximum atomic E-state index is 5.70. The van der Waals surface area contributed by atoms with Crippen molar-refractivity contribution in [3.63, 3.8) is 0 Å². The second kappa shape index (κ2) is 4.71. The van der Waals surface area contributed by atoms with E-state index in [1.54, 1.807) is 7.11 Å². The highest BCUT2D eigenvalue weighted by molar-refractivity contribution is 5.38. The zero-order valence-electron chi connectivity index (χ0n) is 9.36. The SMILES string of the molecule is COc1ccc(Oc2[c]cccc2C)cc1. The van der Waals surface area contributed by atoms with Crippen LogP contribution in [-0.4, -0.2) is 7.11 Å². The first kappa shape index (κ1) is 10.6. The highest BCUT2D eigenvalue weighted by Gasteiger charge is 2.00. The number of methoxy groups -OCH3 is 1. The lowest BCUT2D eigenvalue weighted by atomic mass is 10.2. The summed E-state index contributed by atoms with van der Waals surface area (Å²) >= 11 is 0. The van der Waals surface area contributed by atoms with Crippen molar-refractivity contribution in [3.05, 3.63) is 54.1 Å². The molecule has 0 unspecified atom stereocenters. The van der Waals surface area contributed by atoms with Gasteiger partial charge in [0.15, 0.2) is 0 Å². The van der Waals surface area contributed by atoms with Gasteiger partial charge in [-0.3, -0.25) is 0 Å². The molecule has 0 N–H and O–H groups in total. The zero-order chi connectivity index (χ0) is 11.4. The van der Waals surface area contributed by atoms with E-state index < -0.39 is 0 Å². The Bertz CT molecular complexity index is 460. The average Bonchev–Trinajstić information content (AvgIpc) is 2.33. The minimum absolute atomic E-state index is 0.757. The van der Waals surface area contributed by atoms with E-state index in [1.165, 1.54) is 0 Å². The molecule has 0 aliphatic rings. The number of hydrogen-bond acceptors (Lipinski definition) is 2. The van der Waals surface area contributed by atoms with Crippen molar-refractivity contribution in [2.45, 2.75) is 6.92 Å². The quantitative estimate of drug-likeness (QED) is 0.775. The highest BCUT2D eigenvalue weighted by Crippen LogP contribution is 2.25. The molecule has 1 radical (unpaired) electrons. The topological polar surface area (TPSA) is 18.5 Å². The van der Waals surface area contributed by atoms with Crippen molar-refractivity contribution in [2.24, 2.45) is 0 Å². The first-order chi connectivity index (χ1) is 7.79. The number of aryl methyl sites for hydroxylation is 1. The molecule has 0 bridgehead atoms. The van der Waals surface area contributed by atoms with E-state index in [9.17, 15) is 0 Å². The van der Waals surface area contributed by atoms with Crippen molar-refractivity contribution in [1.29, 1.82) is 0 Å². The summed E-state index contributed by atoms with van der Waals surface area (Å²) in [5, 5.41) is 0. The molecule has 81 valence electrons. The van der Waals surface area contributed by atoms with Gasteiger partial charge in [0.25, 0.3) is 0 Å². The summed E-state index contributed by atoms with van der Waals surface area (Å²) in [4.78, 5) is 0.